The van der Waals surface area contributed by atoms with Crippen molar-refractivity contribution in [1.82, 2.24) is 9.99 Å². The lowest BCUT2D eigenvalue weighted by molar-refractivity contribution is 0.163. The molecule has 2 aliphatic rings. The predicted molar refractivity (Wildman–Crippen MR) is 56.8 cm³/mol. The van der Waals surface area contributed by atoms with E-state index in [0.29, 0.717) is 6.54 Å². The molecule has 3 rings (SSSR count). The number of aromatic nitrogens is 1. The van der Waals surface area contributed by atoms with Gasteiger partial charge in [-0.1, -0.05) is 0 Å². The first kappa shape index (κ1) is 9.12. The summed E-state index contributed by atoms with van der Waals surface area (Å²) < 4.78 is 0. The van der Waals surface area contributed by atoms with Crippen LogP contribution in [0.4, 0.5) is 0 Å². The highest BCUT2D eigenvalue weighted by atomic mass is 35.5. The summed E-state index contributed by atoms with van der Waals surface area (Å²) >= 11 is 6.39. The largest absolute Gasteiger partial charge is 0.389 e. The van der Waals surface area contributed by atoms with Crippen LogP contribution in [0.5, 0.6) is 0 Å². The quantitative estimate of drug-likeness (QED) is 0.716. The van der Waals surface area contributed by atoms with Crippen LogP contribution in [0.1, 0.15) is 11.6 Å². The number of hydrogen-bond acceptors (Lipinski definition) is 4. The van der Waals surface area contributed by atoms with E-state index >= 15 is 0 Å². The Morgan fingerprint density at radius 3 is 2.73 bits per heavy atom. The van der Waals surface area contributed by atoms with E-state index in [2.05, 4.69) is 10.1 Å². The maximum atomic E-state index is 9.83. The number of alkyl halides is 1. The number of nitrogens with zero attached hydrogens (tertiary/aromatic N) is 3. The molecule has 2 bridgehead atoms. The van der Waals surface area contributed by atoms with Gasteiger partial charge in [0, 0.05) is 12.4 Å². The number of aliphatic hydroxyl groups excluding tert-OH is 1. The highest BCUT2D eigenvalue weighted by molar-refractivity contribution is 6.34. The number of hydrogen-bond donors (Lipinski definition) is 1. The van der Waals surface area contributed by atoms with Crippen LogP contribution in [0.2, 0.25) is 0 Å². The number of pyridine rings is 1. The molecule has 3 atom stereocenters. The molecule has 1 aromatic rings. The summed E-state index contributed by atoms with van der Waals surface area (Å²) in [5.41, 5.74) is 1.04. The SMILES string of the molecule is OC1CN2N=CC1(Cl)C2c1ccncc1. The second kappa shape index (κ2) is 2.93. The lowest BCUT2D eigenvalue weighted by Gasteiger charge is -2.23. The highest BCUT2D eigenvalue weighted by Gasteiger charge is 2.56. The van der Waals surface area contributed by atoms with E-state index in [1.165, 1.54) is 0 Å². The average Bonchev–Trinajstić information content (AvgIpc) is 2.69. The Bertz CT molecular complexity index is 410. The fourth-order valence-corrected chi connectivity index (χ4v) is 2.59. The minimum atomic E-state index is -0.776. The normalized spacial score (nSPS) is 37.6. The molecule has 0 spiro atoms. The maximum absolute atomic E-state index is 9.83. The fraction of sp³-hybridized carbons (Fsp3) is 0.400. The summed E-state index contributed by atoms with van der Waals surface area (Å²) in [4.78, 5) is 3.19. The molecule has 0 aromatic carbocycles. The second-order valence-electron chi connectivity index (χ2n) is 3.89. The first-order chi connectivity index (χ1) is 7.22. The van der Waals surface area contributed by atoms with Gasteiger partial charge in [-0.05, 0) is 17.7 Å². The first-order valence-corrected chi connectivity index (χ1v) is 5.18. The number of fused-ring (bicyclic) bond motifs is 2. The Morgan fingerprint density at radius 1 is 1.47 bits per heavy atom. The van der Waals surface area contributed by atoms with Crippen LogP contribution in [0.25, 0.3) is 0 Å². The third-order valence-corrected chi connectivity index (χ3v) is 3.57. The van der Waals surface area contributed by atoms with E-state index in [4.69, 9.17) is 11.6 Å². The molecule has 0 amide bonds. The third-order valence-electron chi connectivity index (χ3n) is 3.01. The fourth-order valence-electron chi connectivity index (χ4n) is 2.24. The summed E-state index contributed by atoms with van der Waals surface area (Å²) in [6.07, 6.45) is 4.52. The summed E-state index contributed by atoms with van der Waals surface area (Å²) in [5, 5.41) is 15.8. The molecule has 1 aromatic heterocycles. The zero-order valence-electron chi connectivity index (χ0n) is 7.92. The molecule has 3 unspecified atom stereocenters. The molecule has 15 heavy (non-hydrogen) atoms. The Balaban J connectivity index is 2.04. The molecular formula is C10H10ClN3O. The van der Waals surface area contributed by atoms with E-state index in [9.17, 15) is 5.11 Å². The Hall–Kier alpha value is -1.13. The van der Waals surface area contributed by atoms with E-state index in [0.717, 1.165) is 5.56 Å². The lowest BCUT2D eigenvalue weighted by Crippen LogP contribution is -2.38. The van der Waals surface area contributed by atoms with Gasteiger partial charge in [0.05, 0.1) is 24.9 Å². The number of hydrazone groups is 1. The Kier molecular flexibility index (Phi) is 1.78. The Morgan fingerprint density at radius 2 is 2.20 bits per heavy atom. The molecular weight excluding hydrogens is 214 g/mol. The van der Waals surface area contributed by atoms with E-state index < -0.39 is 11.0 Å². The average molecular weight is 224 g/mol. The smallest absolute Gasteiger partial charge is 0.135 e. The van der Waals surface area contributed by atoms with Crippen molar-refractivity contribution in [2.75, 3.05) is 6.54 Å². The first-order valence-electron chi connectivity index (χ1n) is 4.80. The van der Waals surface area contributed by atoms with E-state index in [1.807, 2.05) is 17.1 Å². The van der Waals surface area contributed by atoms with Crippen molar-refractivity contribution in [3.05, 3.63) is 30.1 Å². The number of aliphatic hydroxyl groups is 1. The molecule has 0 saturated carbocycles. The van der Waals surface area contributed by atoms with Crippen LogP contribution in [-0.4, -0.2) is 38.8 Å². The summed E-state index contributed by atoms with van der Waals surface area (Å²) in [6, 6.07) is 3.74. The predicted octanol–water partition coefficient (Wildman–Crippen LogP) is 0.776. The maximum Gasteiger partial charge on any atom is 0.135 e. The van der Waals surface area contributed by atoms with Crippen LogP contribution in [0, 0.1) is 0 Å². The van der Waals surface area contributed by atoms with Gasteiger partial charge in [0.2, 0.25) is 0 Å². The van der Waals surface area contributed by atoms with Crippen LogP contribution < -0.4 is 0 Å². The summed E-state index contributed by atoms with van der Waals surface area (Å²) in [6.45, 7) is 0.493. The van der Waals surface area contributed by atoms with Crippen molar-refractivity contribution in [1.29, 1.82) is 0 Å². The molecule has 3 heterocycles. The van der Waals surface area contributed by atoms with Gasteiger partial charge in [0.1, 0.15) is 4.87 Å². The highest BCUT2D eigenvalue weighted by Crippen LogP contribution is 2.47. The number of rotatable bonds is 1. The lowest BCUT2D eigenvalue weighted by atomic mass is 9.94. The van der Waals surface area contributed by atoms with Gasteiger partial charge in [0.25, 0.3) is 0 Å². The Labute approximate surface area is 92.2 Å². The van der Waals surface area contributed by atoms with Crippen LogP contribution >= 0.6 is 11.6 Å². The van der Waals surface area contributed by atoms with Gasteiger partial charge < -0.3 is 5.11 Å². The monoisotopic (exact) mass is 223 g/mol. The van der Waals surface area contributed by atoms with Gasteiger partial charge in [-0.25, -0.2) is 0 Å². The van der Waals surface area contributed by atoms with Crippen molar-refractivity contribution in [2.24, 2.45) is 5.10 Å². The molecule has 1 fully saturated rings. The molecule has 0 radical (unpaired) electrons. The topological polar surface area (TPSA) is 48.7 Å². The van der Waals surface area contributed by atoms with Gasteiger partial charge in [-0.3, -0.25) is 9.99 Å². The minimum Gasteiger partial charge on any atom is -0.389 e. The number of halogens is 1. The van der Waals surface area contributed by atoms with Crippen molar-refractivity contribution < 1.29 is 5.11 Å². The van der Waals surface area contributed by atoms with Crippen molar-refractivity contribution >= 4 is 17.8 Å². The molecule has 5 heteroatoms. The van der Waals surface area contributed by atoms with Crippen LogP contribution in [-0.2, 0) is 0 Å². The third kappa shape index (κ3) is 1.12. The second-order valence-corrected chi connectivity index (χ2v) is 4.55. The molecule has 78 valence electrons. The minimum absolute atomic E-state index is 0.0721. The zero-order chi connectivity index (χ0) is 10.5. The standard InChI is InChI=1S/C10H10ClN3O/c11-10-6-13-14(5-8(10)15)9(10)7-1-3-12-4-2-7/h1-4,6,8-9,15H,5H2. The van der Waals surface area contributed by atoms with E-state index in [-0.39, 0.29) is 6.04 Å². The van der Waals surface area contributed by atoms with Gasteiger partial charge in [-0.15, -0.1) is 11.6 Å². The molecule has 0 aliphatic carbocycles. The van der Waals surface area contributed by atoms with Crippen molar-refractivity contribution in [3.8, 4) is 0 Å². The molecule has 1 saturated heterocycles. The van der Waals surface area contributed by atoms with Gasteiger partial charge in [-0.2, -0.15) is 5.10 Å². The van der Waals surface area contributed by atoms with Gasteiger partial charge in [0.15, 0.2) is 0 Å². The van der Waals surface area contributed by atoms with Crippen LogP contribution in [0.3, 0.4) is 0 Å². The van der Waals surface area contributed by atoms with E-state index in [1.54, 1.807) is 18.6 Å². The van der Waals surface area contributed by atoms with Crippen LogP contribution in [0.15, 0.2) is 29.6 Å². The van der Waals surface area contributed by atoms with Crippen molar-refractivity contribution in [2.45, 2.75) is 17.0 Å². The van der Waals surface area contributed by atoms with Crippen molar-refractivity contribution in [3.63, 3.8) is 0 Å². The summed E-state index contributed by atoms with van der Waals surface area (Å²) in [7, 11) is 0. The van der Waals surface area contributed by atoms with Gasteiger partial charge >= 0.3 is 0 Å². The summed E-state index contributed by atoms with van der Waals surface area (Å²) in [5.74, 6) is 0. The molecule has 1 N–H and O–H groups in total. The zero-order valence-corrected chi connectivity index (χ0v) is 8.67. The molecule has 4 nitrogen and oxygen atoms in total. The molecule has 2 aliphatic heterocycles.